The summed E-state index contributed by atoms with van der Waals surface area (Å²) in [5.74, 6) is 0.103. The maximum Gasteiger partial charge on any atom is 0.256 e. The lowest BCUT2D eigenvalue weighted by molar-refractivity contribution is -0.128. The number of nitrogens with zero attached hydrogens (tertiary/aromatic N) is 2. The predicted octanol–water partition coefficient (Wildman–Crippen LogP) is 2.14. The van der Waals surface area contributed by atoms with Crippen LogP contribution in [0.25, 0.3) is 0 Å². The highest BCUT2D eigenvalue weighted by Gasteiger charge is 2.26. The van der Waals surface area contributed by atoms with E-state index in [1.165, 1.54) is 0 Å². The monoisotopic (exact) mass is 263 g/mol. The molecular formula is C15H25N3O. The number of amides is 1. The number of nitrogens with one attached hydrogen (secondary N) is 1. The summed E-state index contributed by atoms with van der Waals surface area (Å²) in [5, 5.41) is 3.30. The number of hydrogen-bond donors (Lipinski definition) is 1. The van der Waals surface area contributed by atoms with Crippen LogP contribution in [0.15, 0.2) is 28.4 Å². The summed E-state index contributed by atoms with van der Waals surface area (Å²) in [5.41, 5.74) is 1.52. The van der Waals surface area contributed by atoms with Crippen LogP contribution >= 0.6 is 0 Å². The molecule has 106 valence electrons. The van der Waals surface area contributed by atoms with Crippen LogP contribution in [0.1, 0.15) is 33.6 Å². The average molecular weight is 263 g/mol. The predicted molar refractivity (Wildman–Crippen MR) is 80.3 cm³/mol. The van der Waals surface area contributed by atoms with E-state index in [4.69, 9.17) is 0 Å². The molecule has 0 radical (unpaired) electrons. The molecular weight excluding hydrogens is 238 g/mol. The molecule has 0 saturated heterocycles. The minimum absolute atomic E-state index is 0.103. The van der Waals surface area contributed by atoms with E-state index in [1.807, 2.05) is 24.0 Å². The number of carbonyl (C=O) groups excluding carboxylic acids is 1. The van der Waals surface area contributed by atoms with E-state index in [2.05, 4.69) is 24.2 Å². The highest BCUT2D eigenvalue weighted by atomic mass is 16.2. The van der Waals surface area contributed by atoms with Gasteiger partial charge in [0.1, 0.15) is 0 Å². The molecule has 0 aromatic heterocycles. The Bertz CT molecular complexity index is 392. The van der Waals surface area contributed by atoms with Gasteiger partial charge in [0.15, 0.2) is 0 Å². The quantitative estimate of drug-likeness (QED) is 0.772. The van der Waals surface area contributed by atoms with Crippen molar-refractivity contribution in [2.75, 3.05) is 20.1 Å². The normalized spacial score (nSPS) is 17.7. The summed E-state index contributed by atoms with van der Waals surface area (Å²) >= 11 is 0. The van der Waals surface area contributed by atoms with Gasteiger partial charge in [-0.3, -0.25) is 9.79 Å². The van der Waals surface area contributed by atoms with Crippen LogP contribution in [-0.4, -0.2) is 43.2 Å². The molecule has 0 atom stereocenters. The first kappa shape index (κ1) is 15.5. The molecule has 0 spiro atoms. The maximum absolute atomic E-state index is 12.7. The summed E-state index contributed by atoms with van der Waals surface area (Å²) < 4.78 is 0. The molecule has 0 aromatic rings. The van der Waals surface area contributed by atoms with E-state index < -0.39 is 0 Å². The number of aliphatic imine (C=N–C) groups is 1. The first-order valence-corrected chi connectivity index (χ1v) is 7.03. The molecule has 1 rings (SSSR count). The molecule has 0 aliphatic carbocycles. The van der Waals surface area contributed by atoms with Gasteiger partial charge in [-0.05, 0) is 19.8 Å². The van der Waals surface area contributed by atoms with Gasteiger partial charge in [-0.2, -0.15) is 0 Å². The number of hydrogen-bond acceptors (Lipinski definition) is 3. The van der Waals surface area contributed by atoms with Crippen molar-refractivity contribution in [1.82, 2.24) is 10.2 Å². The zero-order valence-corrected chi connectivity index (χ0v) is 12.4. The zero-order chi connectivity index (χ0) is 14.3. The van der Waals surface area contributed by atoms with Gasteiger partial charge in [-0.1, -0.05) is 26.0 Å². The van der Waals surface area contributed by atoms with E-state index in [0.29, 0.717) is 11.6 Å². The zero-order valence-electron chi connectivity index (χ0n) is 12.4. The van der Waals surface area contributed by atoms with Crippen molar-refractivity contribution in [3.05, 3.63) is 23.4 Å². The van der Waals surface area contributed by atoms with E-state index in [9.17, 15) is 4.79 Å². The fraction of sp³-hybridized carbons (Fsp3) is 0.600. The van der Waals surface area contributed by atoms with E-state index >= 15 is 0 Å². The van der Waals surface area contributed by atoms with Crippen LogP contribution in [0.4, 0.5) is 0 Å². The Kier molecular flexibility index (Phi) is 6.33. The van der Waals surface area contributed by atoms with Crippen LogP contribution in [0.3, 0.4) is 0 Å². The van der Waals surface area contributed by atoms with Gasteiger partial charge in [-0.25, -0.2) is 0 Å². The largest absolute Gasteiger partial charge is 0.381 e. The molecule has 1 heterocycles. The Morgan fingerprint density at radius 1 is 1.42 bits per heavy atom. The van der Waals surface area contributed by atoms with Gasteiger partial charge < -0.3 is 10.2 Å². The Morgan fingerprint density at radius 3 is 2.63 bits per heavy atom. The van der Waals surface area contributed by atoms with Crippen LogP contribution in [0, 0.1) is 0 Å². The first-order valence-electron chi connectivity index (χ1n) is 7.03. The van der Waals surface area contributed by atoms with Crippen molar-refractivity contribution in [2.45, 2.75) is 39.7 Å². The molecule has 1 N–H and O–H groups in total. The highest BCUT2D eigenvalue weighted by molar-refractivity contribution is 6.02. The smallest absolute Gasteiger partial charge is 0.256 e. The van der Waals surface area contributed by atoms with Crippen molar-refractivity contribution in [3.63, 3.8) is 0 Å². The molecule has 0 aromatic carbocycles. The SMILES string of the molecule is C/C=C\C1=C(C=NC)NCCN(C(CC)CC)C1=O. The third-order valence-corrected chi connectivity index (χ3v) is 3.42. The molecule has 0 saturated carbocycles. The van der Waals surface area contributed by atoms with Crippen molar-refractivity contribution in [2.24, 2.45) is 4.99 Å². The molecule has 1 aliphatic rings. The van der Waals surface area contributed by atoms with Crippen molar-refractivity contribution in [3.8, 4) is 0 Å². The molecule has 1 amide bonds. The number of allylic oxidation sites excluding steroid dienone is 2. The second kappa shape index (κ2) is 7.77. The standard InChI is InChI=1S/C15H25N3O/c1-5-8-13-14(11-16-4)17-9-10-18(15(13)19)12(6-2)7-3/h5,8,11-12,17H,6-7,9-10H2,1-4H3/b8-5-,16-11?. The Balaban J connectivity index is 3.15. The summed E-state index contributed by atoms with van der Waals surface area (Å²) in [7, 11) is 1.72. The van der Waals surface area contributed by atoms with Gasteiger partial charge >= 0.3 is 0 Å². The minimum atomic E-state index is 0.103. The molecule has 4 nitrogen and oxygen atoms in total. The summed E-state index contributed by atoms with van der Waals surface area (Å²) in [6.45, 7) is 7.70. The second-order valence-electron chi connectivity index (χ2n) is 4.61. The maximum atomic E-state index is 12.7. The fourth-order valence-electron chi connectivity index (χ4n) is 2.43. The summed E-state index contributed by atoms with van der Waals surface area (Å²) in [4.78, 5) is 18.7. The average Bonchev–Trinajstić information content (AvgIpc) is 2.55. The molecule has 0 fully saturated rings. The van der Waals surface area contributed by atoms with Crippen molar-refractivity contribution >= 4 is 12.1 Å². The first-order chi connectivity index (χ1) is 9.19. The van der Waals surface area contributed by atoms with E-state index in [-0.39, 0.29) is 5.91 Å². The summed E-state index contributed by atoms with van der Waals surface area (Å²) in [6, 6.07) is 0.312. The van der Waals surface area contributed by atoms with Gasteiger partial charge in [-0.15, -0.1) is 0 Å². The van der Waals surface area contributed by atoms with Crippen molar-refractivity contribution < 1.29 is 4.79 Å². The van der Waals surface area contributed by atoms with Crippen LogP contribution in [0.5, 0.6) is 0 Å². The Hall–Kier alpha value is -1.58. The lowest BCUT2D eigenvalue weighted by atomic mass is 10.1. The van der Waals surface area contributed by atoms with Crippen LogP contribution in [-0.2, 0) is 4.79 Å². The van der Waals surface area contributed by atoms with Crippen LogP contribution in [0.2, 0.25) is 0 Å². The van der Waals surface area contributed by atoms with Gasteiger partial charge in [0.2, 0.25) is 0 Å². The molecule has 19 heavy (non-hydrogen) atoms. The third kappa shape index (κ3) is 3.69. The molecule has 0 bridgehead atoms. The van der Waals surface area contributed by atoms with E-state index in [1.54, 1.807) is 13.3 Å². The van der Waals surface area contributed by atoms with E-state index in [0.717, 1.165) is 31.6 Å². The van der Waals surface area contributed by atoms with Gasteiger partial charge in [0.25, 0.3) is 5.91 Å². The lowest BCUT2D eigenvalue weighted by Gasteiger charge is -2.29. The minimum Gasteiger partial charge on any atom is -0.381 e. The van der Waals surface area contributed by atoms with Crippen molar-refractivity contribution in [1.29, 1.82) is 0 Å². The number of rotatable bonds is 5. The molecule has 0 unspecified atom stereocenters. The van der Waals surface area contributed by atoms with Gasteiger partial charge in [0, 0.05) is 32.4 Å². The molecule has 4 heteroatoms. The van der Waals surface area contributed by atoms with Gasteiger partial charge in [0.05, 0.1) is 11.3 Å². The highest BCUT2D eigenvalue weighted by Crippen LogP contribution is 2.17. The Labute approximate surface area is 116 Å². The third-order valence-electron chi connectivity index (χ3n) is 3.42. The Morgan fingerprint density at radius 2 is 2.11 bits per heavy atom. The lowest BCUT2D eigenvalue weighted by Crippen LogP contribution is -2.41. The number of carbonyl (C=O) groups is 1. The molecule has 1 aliphatic heterocycles. The second-order valence-corrected chi connectivity index (χ2v) is 4.61. The topological polar surface area (TPSA) is 44.7 Å². The summed E-state index contributed by atoms with van der Waals surface area (Å²) in [6.07, 6.45) is 7.47. The van der Waals surface area contributed by atoms with Crippen LogP contribution < -0.4 is 5.32 Å². The fourth-order valence-corrected chi connectivity index (χ4v) is 2.43.